The van der Waals surface area contributed by atoms with Crippen LogP contribution >= 0.6 is 23.5 Å². The summed E-state index contributed by atoms with van der Waals surface area (Å²) < 4.78 is 100. The number of benzene rings is 6. The number of nitrogens with zero attached hydrogens (tertiary/aromatic N) is 20. The molecule has 1 aliphatic carbocycles. The average molecular weight is 1600 g/mol. The molecule has 1 aliphatic rings. The number of halogens is 6. The standard InChI is InChI=1S/C20H17N5.C19H19F2N5.C15H12F2N4OS.C15H14N4S.C14H10F2N4S/c1-15-18(14-25(24-15)17-10-6-3-7-11-17)19-12-13-21-20(23-19)22-16-8-4-2-5-9-16;20-14-6-7-18(16(21)10-14)26-12-13(11-23-26)17-8-9-22-19(25-17)24-15-4-2-1-3-5-15;1-23(2,22)15-18-6-5-13(20-15)10-8-19-21(9-10)14-4-3-11(16)7-12(14)17;1-11-13(14-8-9-16-15(17-14)20-2)10-19(18-11)12-6-4-3-5-7-12;1-21-14-17-5-4-12(19-14)9-7-18-20(8-9)13-3-2-10(15)6-11(13)16/h2-14H,1H3,(H,21,22,23);6-12,15H,1-5H2,(H,22,24,25);3-9H,1H2,2H3;3-10H,1-2H3;2-8H,1H3. The van der Waals surface area contributed by atoms with Crippen LogP contribution in [-0.2, 0) is 9.52 Å². The molecule has 6 aromatic carbocycles. The van der Waals surface area contributed by atoms with Crippen molar-refractivity contribution in [2.75, 3.05) is 29.4 Å². The molecule has 23 nitrogen and oxygen atoms in total. The molecule has 2 N–H and O–H groups in total. The van der Waals surface area contributed by atoms with Gasteiger partial charge in [-0.25, -0.2) is 99.6 Å². The molecule has 0 bridgehead atoms. The Bertz CT molecular complexity index is 6080. The van der Waals surface area contributed by atoms with Crippen molar-refractivity contribution >= 4 is 56.5 Å². The van der Waals surface area contributed by atoms with E-state index in [1.165, 1.54) is 106 Å². The monoisotopic (exact) mass is 1600 g/mol. The van der Waals surface area contributed by atoms with Crippen molar-refractivity contribution in [3.8, 4) is 84.7 Å². The Hall–Kier alpha value is -13.3. The van der Waals surface area contributed by atoms with Crippen molar-refractivity contribution < 1.29 is 30.6 Å². The van der Waals surface area contributed by atoms with E-state index in [2.05, 4.69) is 91.8 Å². The number of hydrogen-bond donors (Lipinski definition) is 2. The molecule has 1 fully saturated rings. The topological polar surface area (TPSA) is 259 Å². The predicted octanol–water partition coefficient (Wildman–Crippen LogP) is 17.7. The fourth-order valence-electron chi connectivity index (χ4n) is 11.7. The van der Waals surface area contributed by atoms with E-state index in [-0.39, 0.29) is 22.2 Å². The van der Waals surface area contributed by atoms with E-state index in [0.717, 1.165) is 104 Å². The first-order valence-electron chi connectivity index (χ1n) is 35.7. The molecule has 0 spiro atoms. The van der Waals surface area contributed by atoms with Gasteiger partial charge in [0.1, 0.15) is 34.5 Å². The molecule has 0 aliphatic heterocycles. The molecule has 10 heterocycles. The smallest absolute Gasteiger partial charge is 0.227 e. The highest BCUT2D eigenvalue weighted by Gasteiger charge is 2.19. The summed E-state index contributed by atoms with van der Waals surface area (Å²) in [6.45, 7) is 3.98. The summed E-state index contributed by atoms with van der Waals surface area (Å²) >= 11 is 2.97. The number of nitrogens with one attached hydrogen (secondary N) is 2. The van der Waals surface area contributed by atoms with Crippen LogP contribution in [0.2, 0.25) is 0 Å². The number of aromatic nitrogens is 20. The van der Waals surface area contributed by atoms with E-state index >= 15 is 0 Å². The number of aryl methyl sites for hydroxylation is 2. The first kappa shape index (κ1) is 79.7. The van der Waals surface area contributed by atoms with Gasteiger partial charge in [0, 0.05) is 135 Å². The van der Waals surface area contributed by atoms with Gasteiger partial charge in [-0.15, -0.1) is 0 Å². The van der Waals surface area contributed by atoms with Crippen molar-refractivity contribution in [3.63, 3.8) is 0 Å². The molecule has 0 radical (unpaired) electrons. The van der Waals surface area contributed by atoms with E-state index < -0.39 is 44.4 Å². The SMILES string of the molecule is C=S(C)(=O)c1nccc(-c2cnn(-c3ccc(F)cc3F)c2)n1.CSc1nccc(-c2cn(-c3ccccc3)nc2C)n1.CSc1nccc(-c2cnn(-c3ccc(F)cc3F)c2)n1.Cc1nn(-c2ccccc2)cc1-c1ccnc(Nc2ccccc2)n1.Fc1ccc(-n2cc(-c3ccnc(NC4CCCCC4)n3)cn2)c(F)c1. The second kappa shape index (κ2) is 37.3. The van der Waals surface area contributed by atoms with E-state index in [4.69, 9.17) is 0 Å². The second-order valence-corrected chi connectivity index (χ2v) is 29.6. The molecule has 115 heavy (non-hydrogen) atoms. The van der Waals surface area contributed by atoms with E-state index in [9.17, 15) is 30.6 Å². The highest BCUT2D eigenvalue weighted by molar-refractivity contribution is 7.99. The van der Waals surface area contributed by atoms with Crippen LogP contribution in [0.15, 0.2) is 272 Å². The summed E-state index contributed by atoms with van der Waals surface area (Å²) in [6, 6.07) is 49.4. The van der Waals surface area contributed by atoms with Gasteiger partial charge >= 0.3 is 0 Å². The molecule has 0 amide bonds. The summed E-state index contributed by atoms with van der Waals surface area (Å²) in [6.07, 6.45) is 33.2. The van der Waals surface area contributed by atoms with E-state index in [0.29, 0.717) is 45.7 Å². The van der Waals surface area contributed by atoms with Crippen LogP contribution in [0.1, 0.15) is 43.5 Å². The van der Waals surface area contributed by atoms with Crippen LogP contribution in [0.5, 0.6) is 0 Å². The van der Waals surface area contributed by atoms with Crippen molar-refractivity contribution in [1.82, 2.24) is 98.7 Å². The molecule has 10 aromatic heterocycles. The lowest BCUT2D eigenvalue weighted by Crippen LogP contribution is -2.23. The number of para-hydroxylation sites is 3. The van der Waals surface area contributed by atoms with Crippen molar-refractivity contribution in [3.05, 3.63) is 303 Å². The highest BCUT2D eigenvalue weighted by Crippen LogP contribution is 2.30. The van der Waals surface area contributed by atoms with Gasteiger partial charge in [0.25, 0.3) is 0 Å². The van der Waals surface area contributed by atoms with Gasteiger partial charge in [-0.1, -0.05) is 97.4 Å². The van der Waals surface area contributed by atoms with Crippen LogP contribution in [0, 0.1) is 48.8 Å². The Morgan fingerprint density at radius 3 is 1.25 bits per heavy atom. The Morgan fingerprint density at radius 1 is 0.426 bits per heavy atom. The minimum Gasteiger partial charge on any atom is -0.351 e. The summed E-state index contributed by atoms with van der Waals surface area (Å²) in [5.41, 5.74) is 13.1. The van der Waals surface area contributed by atoms with Crippen LogP contribution in [0.25, 0.3) is 84.7 Å². The van der Waals surface area contributed by atoms with Crippen LogP contribution < -0.4 is 10.6 Å². The molecular weight excluding hydrogens is 1530 g/mol. The summed E-state index contributed by atoms with van der Waals surface area (Å²) in [4.78, 5) is 43.1. The van der Waals surface area contributed by atoms with Gasteiger partial charge in [0.2, 0.25) is 17.1 Å². The van der Waals surface area contributed by atoms with Crippen molar-refractivity contribution in [1.29, 1.82) is 0 Å². The van der Waals surface area contributed by atoms with Gasteiger partial charge < -0.3 is 10.6 Å². The van der Waals surface area contributed by atoms with Crippen LogP contribution in [0.4, 0.5) is 43.9 Å². The maximum atomic E-state index is 13.9. The summed E-state index contributed by atoms with van der Waals surface area (Å²) in [7, 11) is -2.54. The number of anilines is 3. The maximum absolute atomic E-state index is 13.9. The molecule has 1 saturated carbocycles. The average Bonchev–Trinajstić information content (AvgIpc) is 1.75. The Morgan fingerprint density at radius 2 is 0.809 bits per heavy atom. The fraction of sp³-hybridized carbons (Fsp3) is 0.133. The quantitative estimate of drug-likeness (QED) is 0.0371. The molecule has 1 unspecified atom stereocenters. The van der Waals surface area contributed by atoms with Gasteiger partial charge in [0.05, 0.1) is 69.8 Å². The third kappa shape index (κ3) is 20.9. The fourth-order valence-corrected chi connectivity index (χ4v) is 13.0. The lowest BCUT2D eigenvalue weighted by atomic mass is 9.96. The van der Waals surface area contributed by atoms with Crippen molar-refractivity contribution in [2.24, 2.45) is 0 Å². The molecule has 0 saturated heterocycles. The lowest BCUT2D eigenvalue weighted by molar-refractivity contribution is 0.461. The number of rotatable bonds is 17. The normalized spacial score (nSPS) is 12.3. The van der Waals surface area contributed by atoms with E-state index in [1.54, 1.807) is 74.0 Å². The largest absolute Gasteiger partial charge is 0.351 e. The van der Waals surface area contributed by atoms with Crippen LogP contribution in [-0.4, -0.2) is 134 Å². The van der Waals surface area contributed by atoms with Crippen molar-refractivity contribution in [2.45, 2.75) is 67.5 Å². The second-order valence-electron chi connectivity index (χ2n) is 25.7. The Balaban J connectivity index is 0.000000126. The predicted molar refractivity (Wildman–Crippen MR) is 435 cm³/mol. The Kier molecular flexibility index (Phi) is 25.9. The molecule has 17 rings (SSSR count). The number of hydrogen-bond acceptors (Lipinski definition) is 20. The first-order valence-corrected chi connectivity index (χ1v) is 40.3. The maximum Gasteiger partial charge on any atom is 0.227 e. The zero-order chi connectivity index (χ0) is 80.4. The molecule has 32 heteroatoms. The Labute approximate surface area is 666 Å². The van der Waals surface area contributed by atoms with Gasteiger partial charge in [-0.3, -0.25) is 4.21 Å². The first-order chi connectivity index (χ1) is 55.8. The molecule has 580 valence electrons. The van der Waals surface area contributed by atoms with E-state index in [1.807, 2.05) is 151 Å². The van der Waals surface area contributed by atoms with Gasteiger partial charge in [-0.05, 0) is 148 Å². The third-order valence-corrected chi connectivity index (χ3v) is 19.5. The minimum absolute atomic E-state index is 0.114. The zero-order valence-electron chi connectivity index (χ0n) is 62.4. The molecule has 1 atom stereocenters. The summed E-state index contributed by atoms with van der Waals surface area (Å²) in [5.74, 6) is 0.745. The van der Waals surface area contributed by atoms with Gasteiger partial charge in [-0.2, -0.15) is 25.5 Å². The minimum atomic E-state index is -2.54. The lowest BCUT2D eigenvalue weighted by Gasteiger charge is -2.22. The molecular formula is C83H72F6N22OS3. The highest BCUT2D eigenvalue weighted by atomic mass is 32.2. The van der Waals surface area contributed by atoms with Gasteiger partial charge in [0.15, 0.2) is 27.8 Å². The van der Waals surface area contributed by atoms with Crippen LogP contribution in [0.3, 0.4) is 0 Å². The molecule has 16 aromatic rings. The summed E-state index contributed by atoms with van der Waals surface area (Å²) in [5, 5.41) is 29.7. The zero-order valence-corrected chi connectivity index (χ0v) is 64.9. The third-order valence-electron chi connectivity index (χ3n) is 17.4. The number of thioether (sulfide) groups is 2.